The second-order valence-electron chi connectivity index (χ2n) is 9.84. The number of esters is 1. The normalized spacial score (nSPS) is 32.0. The van der Waals surface area contributed by atoms with Crippen LogP contribution in [-0.4, -0.2) is 35.5 Å². The molecule has 0 aromatic heterocycles. The minimum atomic E-state index is -1.28. The third kappa shape index (κ3) is 4.74. The van der Waals surface area contributed by atoms with E-state index in [4.69, 9.17) is 9.47 Å². The number of carbonyl (C=O) groups is 2. The summed E-state index contributed by atoms with van der Waals surface area (Å²) < 4.78 is 10.5. The maximum atomic E-state index is 14.0. The van der Waals surface area contributed by atoms with Crippen LogP contribution < -0.4 is 0 Å². The van der Waals surface area contributed by atoms with Crippen molar-refractivity contribution >= 4 is 11.9 Å². The molecule has 6 nitrogen and oxygen atoms in total. The second kappa shape index (κ2) is 9.75. The standard InChI is InChI=1S/C27H33NO5/c1-18(2)22-15-14-19(3)16-23(22)33-27(30)25-24(20-10-6-4-7-11-20)28(31,17-32-25)26(29)21-12-8-5-9-13-21/h4-13,18-19,22-25H,14-17H2,1-3H3/t19-,22-,23?,24?,25+,28?/m0/s1. The van der Waals surface area contributed by atoms with Crippen LogP contribution >= 0.6 is 0 Å². The quantitative estimate of drug-likeness (QED) is 0.353. The van der Waals surface area contributed by atoms with E-state index in [1.54, 1.807) is 54.6 Å². The fourth-order valence-corrected chi connectivity index (χ4v) is 5.29. The molecule has 1 aliphatic heterocycles. The molecule has 3 unspecified atom stereocenters. The zero-order valence-electron chi connectivity index (χ0n) is 19.6. The molecule has 2 aromatic rings. The van der Waals surface area contributed by atoms with E-state index in [2.05, 4.69) is 20.8 Å². The Morgan fingerprint density at radius 1 is 1.03 bits per heavy atom. The van der Waals surface area contributed by atoms with Gasteiger partial charge in [0.1, 0.15) is 6.10 Å². The van der Waals surface area contributed by atoms with Crippen molar-refractivity contribution in [2.24, 2.45) is 17.8 Å². The minimum absolute atomic E-state index is 0.208. The van der Waals surface area contributed by atoms with Gasteiger partial charge in [0, 0.05) is 5.56 Å². The summed E-state index contributed by atoms with van der Waals surface area (Å²) in [6.07, 6.45) is 1.59. The third-order valence-electron chi connectivity index (χ3n) is 7.15. The van der Waals surface area contributed by atoms with E-state index in [0.29, 0.717) is 23.0 Å². The van der Waals surface area contributed by atoms with Crippen LogP contribution in [0.5, 0.6) is 0 Å². The highest BCUT2D eigenvalue weighted by Crippen LogP contribution is 2.42. The molecule has 2 aromatic carbocycles. The summed E-state index contributed by atoms with van der Waals surface area (Å²) in [4.78, 5) is 26.7. The number of hydroxylamine groups is 3. The largest absolute Gasteiger partial charge is 0.623 e. The van der Waals surface area contributed by atoms with Gasteiger partial charge in [0.2, 0.25) is 6.10 Å². The van der Waals surface area contributed by atoms with Gasteiger partial charge < -0.3 is 14.7 Å². The minimum Gasteiger partial charge on any atom is -0.623 e. The Morgan fingerprint density at radius 2 is 1.67 bits per heavy atom. The highest BCUT2D eigenvalue weighted by Gasteiger charge is 2.54. The molecule has 1 saturated heterocycles. The number of rotatable bonds is 5. The number of benzene rings is 2. The number of ether oxygens (including phenoxy) is 2. The van der Waals surface area contributed by atoms with E-state index >= 15 is 0 Å². The van der Waals surface area contributed by atoms with Gasteiger partial charge in [-0.05, 0) is 42.7 Å². The van der Waals surface area contributed by atoms with Gasteiger partial charge in [-0.15, -0.1) is 0 Å². The van der Waals surface area contributed by atoms with Crippen molar-refractivity contribution < 1.29 is 23.7 Å². The zero-order valence-corrected chi connectivity index (χ0v) is 19.6. The topological polar surface area (TPSA) is 75.7 Å². The van der Waals surface area contributed by atoms with Crippen LogP contribution in [-0.2, 0) is 14.3 Å². The number of hydrogen-bond donors (Lipinski definition) is 0. The molecular formula is C27H33NO5. The van der Waals surface area contributed by atoms with Gasteiger partial charge >= 0.3 is 11.9 Å². The number of hydrogen-bond acceptors (Lipinski definition) is 5. The fraction of sp³-hybridized carbons (Fsp3) is 0.481. The molecule has 4 rings (SSSR count). The first kappa shape index (κ1) is 23.6. The summed E-state index contributed by atoms with van der Waals surface area (Å²) in [7, 11) is 0. The van der Waals surface area contributed by atoms with Crippen molar-refractivity contribution in [3.63, 3.8) is 0 Å². The molecule has 1 saturated carbocycles. The van der Waals surface area contributed by atoms with Crippen LogP contribution in [0, 0.1) is 23.0 Å². The van der Waals surface area contributed by atoms with E-state index in [9.17, 15) is 14.8 Å². The summed E-state index contributed by atoms with van der Waals surface area (Å²) in [6, 6.07) is 16.4. The van der Waals surface area contributed by atoms with Crippen molar-refractivity contribution in [3.8, 4) is 0 Å². The van der Waals surface area contributed by atoms with Crippen LogP contribution in [0.2, 0.25) is 0 Å². The lowest BCUT2D eigenvalue weighted by atomic mass is 9.75. The Kier molecular flexibility index (Phi) is 6.98. The molecule has 1 aliphatic carbocycles. The predicted octanol–water partition coefficient (Wildman–Crippen LogP) is 5.24. The number of carbonyl (C=O) groups excluding carboxylic acids is 2. The van der Waals surface area contributed by atoms with Crippen LogP contribution in [0.15, 0.2) is 60.7 Å². The van der Waals surface area contributed by atoms with E-state index in [0.717, 1.165) is 19.3 Å². The van der Waals surface area contributed by atoms with Gasteiger partial charge in [-0.25, -0.2) is 9.59 Å². The summed E-state index contributed by atoms with van der Waals surface area (Å²) in [5.74, 6) is -0.0319. The molecule has 176 valence electrons. The maximum Gasteiger partial charge on any atom is 0.348 e. The third-order valence-corrected chi connectivity index (χ3v) is 7.15. The number of quaternary nitrogens is 1. The van der Waals surface area contributed by atoms with Crippen molar-refractivity contribution in [1.29, 1.82) is 0 Å². The van der Waals surface area contributed by atoms with E-state index in [1.165, 1.54) is 0 Å². The van der Waals surface area contributed by atoms with Gasteiger partial charge in [-0.2, -0.15) is 0 Å². The first-order valence-corrected chi connectivity index (χ1v) is 11.9. The van der Waals surface area contributed by atoms with Gasteiger partial charge in [0.25, 0.3) is 0 Å². The van der Waals surface area contributed by atoms with Crippen LogP contribution in [0.3, 0.4) is 0 Å². The Morgan fingerprint density at radius 3 is 2.30 bits per heavy atom. The van der Waals surface area contributed by atoms with Crippen molar-refractivity contribution in [2.45, 2.75) is 58.3 Å². The van der Waals surface area contributed by atoms with E-state index in [-0.39, 0.29) is 12.0 Å². The zero-order chi connectivity index (χ0) is 23.6. The summed E-state index contributed by atoms with van der Waals surface area (Å²) in [5.41, 5.74) is 0.890. The average molecular weight is 452 g/mol. The Bertz CT molecular complexity index is 963. The Balaban J connectivity index is 1.63. The van der Waals surface area contributed by atoms with E-state index < -0.39 is 35.4 Å². The predicted molar refractivity (Wildman–Crippen MR) is 125 cm³/mol. The highest BCUT2D eigenvalue weighted by atomic mass is 16.7. The number of amides is 1. The second-order valence-corrected chi connectivity index (χ2v) is 9.84. The molecular weight excluding hydrogens is 418 g/mol. The number of nitrogens with zero attached hydrogens (tertiary/aromatic N) is 1. The summed E-state index contributed by atoms with van der Waals surface area (Å²) in [6.45, 7) is 6.05. The molecule has 2 fully saturated rings. The fourth-order valence-electron chi connectivity index (χ4n) is 5.29. The summed E-state index contributed by atoms with van der Waals surface area (Å²) >= 11 is 0. The first-order chi connectivity index (χ1) is 15.8. The monoisotopic (exact) mass is 451 g/mol. The van der Waals surface area contributed by atoms with Gasteiger partial charge in [0.05, 0.1) is 5.56 Å². The highest BCUT2D eigenvalue weighted by molar-refractivity contribution is 5.90. The Labute approximate surface area is 195 Å². The molecule has 2 aliphatic rings. The summed E-state index contributed by atoms with van der Waals surface area (Å²) in [5, 5.41) is 14.0. The van der Waals surface area contributed by atoms with Gasteiger partial charge in [-0.1, -0.05) is 75.7 Å². The molecule has 1 amide bonds. The smallest absolute Gasteiger partial charge is 0.348 e. The molecule has 0 N–H and O–H groups in total. The van der Waals surface area contributed by atoms with Gasteiger partial charge in [-0.3, -0.25) is 4.65 Å². The molecule has 0 spiro atoms. The molecule has 1 heterocycles. The van der Waals surface area contributed by atoms with Gasteiger partial charge in [0.15, 0.2) is 12.8 Å². The van der Waals surface area contributed by atoms with Crippen molar-refractivity contribution in [2.75, 3.05) is 6.73 Å². The Hall–Kier alpha value is -2.54. The SMILES string of the molecule is CC(C)[C@@H]1CC[C@H](C)CC1OC(=O)[C@@H]1OC[N+]([O-])(C(=O)c2ccccc2)C1c1ccccc1. The molecule has 0 radical (unpaired) electrons. The molecule has 33 heavy (non-hydrogen) atoms. The molecule has 6 atom stereocenters. The van der Waals surface area contributed by atoms with E-state index in [1.807, 2.05) is 6.07 Å². The van der Waals surface area contributed by atoms with Crippen LogP contribution in [0.25, 0.3) is 0 Å². The van der Waals surface area contributed by atoms with Crippen molar-refractivity contribution in [1.82, 2.24) is 0 Å². The molecule has 6 heteroatoms. The average Bonchev–Trinajstić information content (AvgIpc) is 3.18. The van der Waals surface area contributed by atoms with Crippen LogP contribution in [0.1, 0.15) is 62.0 Å². The lowest BCUT2D eigenvalue weighted by Crippen LogP contribution is -2.49. The first-order valence-electron chi connectivity index (χ1n) is 11.9. The van der Waals surface area contributed by atoms with Crippen LogP contribution in [0.4, 0.5) is 0 Å². The molecule has 0 bridgehead atoms. The maximum absolute atomic E-state index is 14.0. The van der Waals surface area contributed by atoms with Crippen molar-refractivity contribution in [3.05, 3.63) is 77.0 Å². The lowest BCUT2D eigenvalue weighted by molar-refractivity contribution is -0.826. The lowest BCUT2D eigenvalue weighted by Gasteiger charge is -2.40.